The summed E-state index contributed by atoms with van der Waals surface area (Å²) in [4.78, 5) is 43.1. The van der Waals surface area contributed by atoms with Gasteiger partial charge in [0.2, 0.25) is 17.6 Å². The van der Waals surface area contributed by atoms with Crippen molar-refractivity contribution in [2.75, 3.05) is 5.32 Å². The van der Waals surface area contributed by atoms with Crippen LogP contribution in [0.4, 0.5) is 5.13 Å². The van der Waals surface area contributed by atoms with Crippen LogP contribution >= 0.6 is 11.3 Å². The number of thiazole rings is 1. The predicted molar refractivity (Wildman–Crippen MR) is 126 cm³/mol. The molecule has 1 aliphatic rings. The normalized spacial score (nSPS) is 14.7. The molecule has 32 heavy (non-hydrogen) atoms. The van der Waals surface area contributed by atoms with E-state index >= 15 is 0 Å². The molecule has 2 amide bonds. The van der Waals surface area contributed by atoms with E-state index in [2.05, 4.69) is 15.6 Å². The number of hydrogen-bond acceptors (Lipinski definition) is 5. The number of rotatable bonds is 7. The van der Waals surface area contributed by atoms with E-state index < -0.39 is 6.04 Å². The number of carbonyl (C=O) groups is 3. The molecule has 0 radical (unpaired) electrons. The molecule has 164 valence electrons. The van der Waals surface area contributed by atoms with Gasteiger partial charge in [0.1, 0.15) is 10.9 Å². The molecule has 0 saturated heterocycles. The van der Waals surface area contributed by atoms with E-state index in [1.807, 2.05) is 48.5 Å². The third-order valence-electron chi connectivity index (χ3n) is 5.66. The van der Waals surface area contributed by atoms with Gasteiger partial charge in [-0.15, -0.1) is 0 Å². The SMILES string of the molecule is CC(=O)NC(C(=O)Nc1nc(-c2ccccc2)c(C(=O)c2ccccc2)s1)C1CCCC1. The molecular weight excluding hydrogens is 422 g/mol. The van der Waals surface area contributed by atoms with Crippen molar-refractivity contribution >= 4 is 34.1 Å². The number of amides is 2. The van der Waals surface area contributed by atoms with E-state index in [0.717, 1.165) is 42.6 Å². The fourth-order valence-electron chi connectivity index (χ4n) is 4.13. The molecular formula is C25H25N3O3S. The molecule has 2 aromatic carbocycles. The third-order valence-corrected chi connectivity index (χ3v) is 6.63. The van der Waals surface area contributed by atoms with Crippen LogP contribution in [0.25, 0.3) is 11.3 Å². The van der Waals surface area contributed by atoms with Crippen LogP contribution in [0.15, 0.2) is 60.7 Å². The zero-order chi connectivity index (χ0) is 22.5. The predicted octanol–water partition coefficient (Wildman–Crippen LogP) is 4.67. The Labute approximate surface area is 191 Å². The van der Waals surface area contributed by atoms with Gasteiger partial charge in [-0.3, -0.25) is 14.4 Å². The van der Waals surface area contributed by atoms with Crippen LogP contribution in [0.3, 0.4) is 0 Å². The summed E-state index contributed by atoms with van der Waals surface area (Å²) in [5.41, 5.74) is 1.91. The van der Waals surface area contributed by atoms with E-state index in [9.17, 15) is 14.4 Å². The number of ketones is 1. The van der Waals surface area contributed by atoms with Gasteiger partial charge in [0.15, 0.2) is 5.13 Å². The van der Waals surface area contributed by atoms with Crippen molar-refractivity contribution in [1.82, 2.24) is 10.3 Å². The van der Waals surface area contributed by atoms with Crippen LogP contribution in [0.5, 0.6) is 0 Å². The zero-order valence-corrected chi connectivity index (χ0v) is 18.7. The lowest BCUT2D eigenvalue weighted by Crippen LogP contribution is -2.47. The molecule has 1 aliphatic carbocycles. The molecule has 1 unspecified atom stereocenters. The highest BCUT2D eigenvalue weighted by molar-refractivity contribution is 7.18. The van der Waals surface area contributed by atoms with Gasteiger partial charge in [-0.25, -0.2) is 4.98 Å². The number of carbonyl (C=O) groups excluding carboxylic acids is 3. The lowest BCUT2D eigenvalue weighted by atomic mass is 9.97. The Morgan fingerprint density at radius 3 is 2.22 bits per heavy atom. The van der Waals surface area contributed by atoms with Crippen molar-refractivity contribution in [3.05, 3.63) is 71.1 Å². The van der Waals surface area contributed by atoms with Crippen LogP contribution in [0.2, 0.25) is 0 Å². The lowest BCUT2D eigenvalue weighted by Gasteiger charge is -2.22. The maximum atomic E-state index is 13.2. The van der Waals surface area contributed by atoms with Crippen LogP contribution in [-0.2, 0) is 9.59 Å². The fourth-order valence-corrected chi connectivity index (χ4v) is 5.08. The van der Waals surface area contributed by atoms with E-state index in [0.29, 0.717) is 21.3 Å². The number of aromatic nitrogens is 1. The highest BCUT2D eigenvalue weighted by Gasteiger charge is 2.32. The van der Waals surface area contributed by atoms with Crippen molar-refractivity contribution < 1.29 is 14.4 Å². The smallest absolute Gasteiger partial charge is 0.249 e. The standard InChI is InChI=1S/C25H25N3O3S/c1-16(29)26-21(18-12-8-9-13-18)24(31)28-25-27-20(17-10-4-2-5-11-17)23(32-25)22(30)19-14-6-3-7-15-19/h2-7,10-11,14-15,18,21H,8-9,12-13H2,1H3,(H,26,29)(H,27,28,31). The molecule has 7 heteroatoms. The summed E-state index contributed by atoms with van der Waals surface area (Å²) in [5.74, 6) is -0.560. The first kappa shape index (κ1) is 21.9. The van der Waals surface area contributed by atoms with Crippen molar-refractivity contribution in [1.29, 1.82) is 0 Å². The summed E-state index contributed by atoms with van der Waals surface area (Å²) in [6.07, 6.45) is 3.92. The van der Waals surface area contributed by atoms with Gasteiger partial charge in [0.05, 0.1) is 5.69 Å². The summed E-state index contributed by atoms with van der Waals surface area (Å²) in [5, 5.41) is 6.01. The maximum absolute atomic E-state index is 13.2. The fraction of sp³-hybridized carbons (Fsp3) is 0.280. The summed E-state index contributed by atoms with van der Waals surface area (Å²) in [7, 11) is 0. The van der Waals surface area contributed by atoms with Gasteiger partial charge >= 0.3 is 0 Å². The second kappa shape index (κ2) is 9.87. The largest absolute Gasteiger partial charge is 0.344 e. The molecule has 3 aromatic rings. The topological polar surface area (TPSA) is 88.2 Å². The van der Waals surface area contributed by atoms with Gasteiger partial charge in [-0.1, -0.05) is 84.8 Å². The maximum Gasteiger partial charge on any atom is 0.249 e. The second-order valence-electron chi connectivity index (χ2n) is 7.97. The van der Waals surface area contributed by atoms with Crippen molar-refractivity contribution in [2.45, 2.75) is 38.6 Å². The molecule has 2 N–H and O–H groups in total. The van der Waals surface area contributed by atoms with Crippen molar-refractivity contribution in [3.8, 4) is 11.3 Å². The number of nitrogens with one attached hydrogen (secondary N) is 2. The average Bonchev–Trinajstić information content (AvgIpc) is 3.48. The van der Waals surface area contributed by atoms with E-state index in [1.54, 1.807) is 12.1 Å². The van der Waals surface area contributed by atoms with E-state index in [4.69, 9.17) is 0 Å². The summed E-state index contributed by atoms with van der Waals surface area (Å²) in [6.45, 7) is 1.42. The molecule has 1 heterocycles. The Hall–Kier alpha value is -3.32. The van der Waals surface area contributed by atoms with E-state index in [1.165, 1.54) is 6.92 Å². The van der Waals surface area contributed by atoms with Gasteiger partial charge < -0.3 is 10.6 Å². The monoisotopic (exact) mass is 447 g/mol. The number of hydrogen-bond donors (Lipinski definition) is 2. The molecule has 1 saturated carbocycles. The van der Waals surface area contributed by atoms with Gasteiger partial charge in [0, 0.05) is 18.1 Å². The first-order valence-corrected chi connectivity index (χ1v) is 11.6. The molecule has 1 fully saturated rings. The first-order valence-electron chi connectivity index (χ1n) is 10.8. The Balaban J connectivity index is 1.65. The molecule has 0 aliphatic heterocycles. The minimum Gasteiger partial charge on any atom is -0.344 e. The third kappa shape index (κ3) is 4.94. The van der Waals surface area contributed by atoms with Crippen LogP contribution in [0.1, 0.15) is 47.8 Å². The Morgan fingerprint density at radius 2 is 1.59 bits per heavy atom. The van der Waals surface area contributed by atoms with E-state index in [-0.39, 0.29) is 23.5 Å². The summed E-state index contributed by atoms with van der Waals surface area (Å²) in [6, 6.07) is 17.9. The van der Waals surface area contributed by atoms with Crippen LogP contribution in [0, 0.1) is 5.92 Å². The molecule has 1 atom stereocenters. The Bertz CT molecular complexity index is 1110. The number of anilines is 1. The van der Waals surface area contributed by atoms with Crippen molar-refractivity contribution in [2.24, 2.45) is 5.92 Å². The second-order valence-corrected chi connectivity index (χ2v) is 8.97. The summed E-state index contributed by atoms with van der Waals surface area (Å²) < 4.78 is 0. The Morgan fingerprint density at radius 1 is 0.969 bits per heavy atom. The average molecular weight is 448 g/mol. The highest BCUT2D eigenvalue weighted by atomic mass is 32.1. The van der Waals surface area contributed by atoms with Gasteiger partial charge in [0.25, 0.3) is 0 Å². The van der Waals surface area contributed by atoms with Crippen LogP contribution < -0.4 is 10.6 Å². The summed E-state index contributed by atoms with van der Waals surface area (Å²) >= 11 is 1.16. The zero-order valence-electron chi connectivity index (χ0n) is 17.8. The minimum atomic E-state index is -0.604. The lowest BCUT2D eigenvalue weighted by molar-refractivity contribution is -0.126. The number of nitrogens with zero attached hydrogens (tertiary/aromatic N) is 1. The van der Waals surface area contributed by atoms with Gasteiger partial charge in [-0.05, 0) is 18.8 Å². The number of benzene rings is 2. The van der Waals surface area contributed by atoms with Crippen LogP contribution in [-0.4, -0.2) is 28.6 Å². The molecule has 4 rings (SSSR count). The molecule has 1 aromatic heterocycles. The molecule has 6 nitrogen and oxygen atoms in total. The Kier molecular flexibility index (Phi) is 6.75. The quantitative estimate of drug-likeness (QED) is 0.515. The highest BCUT2D eigenvalue weighted by Crippen LogP contribution is 2.34. The van der Waals surface area contributed by atoms with Crippen molar-refractivity contribution in [3.63, 3.8) is 0 Å². The molecule has 0 spiro atoms. The first-order chi connectivity index (χ1) is 15.5. The van der Waals surface area contributed by atoms with Gasteiger partial charge in [-0.2, -0.15) is 0 Å². The molecule has 0 bridgehead atoms. The minimum absolute atomic E-state index is 0.109.